The molecular formula is C39H38ClF3N8O4. The second-order valence-electron chi connectivity index (χ2n) is 14.8. The smallest absolute Gasteiger partial charge is 0.422 e. The first kappa shape index (κ1) is 36.5. The Hall–Kier alpha value is -5.44. The number of nitrogens with one attached hydrogen (secondary N) is 2. The minimum absolute atomic E-state index is 0.0331. The highest BCUT2D eigenvalue weighted by Crippen LogP contribution is 2.48. The number of fused-ring (bicyclic) bond motifs is 1. The largest absolute Gasteiger partial charge is 0.454 e. The Bertz CT molecular complexity index is 2120. The molecule has 1 aliphatic carbocycles. The van der Waals surface area contributed by atoms with Crippen molar-refractivity contribution in [2.24, 2.45) is 5.41 Å². The van der Waals surface area contributed by atoms with Gasteiger partial charge in [0.1, 0.15) is 0 Å². The van der Waals surface area contributed by atoms with E-state index in [-0.39, 0.29) is 23.2 Å². The van der Waals surface area contributed by atoms with E-state index in [4.69, 9.17) is 16.3 Å². The number of likely N-dealkylation sites (tertiary alicyclic amines) is 2. The molecule has 3 aromatic carbocycles. The number of nitrogens with zero attached hydrogens (tertiary/aromatic N) is 6. The summed E-state index contributed by atoms with van der Waals surface area (Å²) in [6.07, 6.45) is -0.946. The first-order chi connectivity index (χ1) is 26.4. The van der Waals surface area contributed by atoms with Gasteiger partial charge in [0.2, 0.25) is 11.9 Å². The van der Waals surface area contributed by atoms with E-state index < -0.39 is 36.1 Å². The van der Waals surface area contributed by atoms with E-state index in [1.165, 1.54) is 5.56 Å². The number of amides is 3. The fourth-order valence-corrected chi connectivity index (χ4v) is 7.90. The first-order valence-corrected chi connectivity index (χ1v) is 18.6. The summed E-state index contributed by atoms with van der Waals surface area (Å²) in [6.45, 7) is 1.24. The summed E-state index contributed by atoms with van der Waals surface area (Å²) in [4.78, 5) is 57.8. The highest BCUT2D eigenvalue weighted by atomic mass is 35.5. The minimum atomic E-state index is -4.60. The van der Waals surface area contributed by atoms with Crippen LogP contribution in [0.1, 0.15) is 52.7 Å². The molecule has 16 heteroatoms. The van der Waals surface area contributed by atoms with E-state index in [2.05, 4.69) is 31.7 Å². The molecule has 4 heterocycles. The molecule has 0 bridgehead atoms. The standard InChI is InChI=1S/C39H38ClF3N8O4/c40-29-9-7-28(8-10-29)38(14-15-38)48-35-45-34(46-36(47-35)55-24-39(41,42)43)44-30-11-5-26(6-12-30)31(52)50-19-16-37(22-50)17-20-51(23-37)33(54)32(53)49-18-13-25-3-1-2-4-27(25)21-49/h1-12H,13-24H2,(H2,44,45,46,47,48). The molecule has 286 valence electrons. The van der Waals surface area contributed by atoms with Gasteiger partial charge in [-0.3, -0.25) is 14.4 Å². The summed E-state index contributed by atoms with van der Waals surface area (Å²) in [7, 11) is 0. The Morgan fingerprint density at radius 1 is 0.764 bits per heavy atom. The van der Waals surface area contributed by atoms with E-state index in [1.54, 1.807) is 51.1 Å². The lowest BCUT2D eigenvalue weighted by atomic mass is 9.86. The maximum absolute atomic E-state index is 13.6. The van der Waals surface area contributed by atoms with E-state index in [0.29, 0.717) is 62.0 Å². The van der Waals surface area contributed by atoms with Gasteiger partial charge in [0, 0.05) is 61.0 Å². The molecule has 3 aliphatic heterocycles. The molecule has 3 fully saturated rings. The van der Waals surface area contributed by atoms with Crippen LogP contribution in [-0.2, 0) is 28.1 Å². The average molecular weight is 775 g/mol. The molecule has 12 nitrogen and oxygen atoms in total. The summed E-state index contributed by atoms with van der Waals surface area (Å²) in [5.41, 5.74) is 3.35. The zero-order chi connectivity index (χ0) is 38.4. The van der Waals surface area contributed by atoms with Crippen molar-refractivity contribution in [3.63, 3.8) is 0 Å². The van der Waals surface area contributed by atoms with Crippen LogP contribution in [0, 0.1) is 5.41 Å². The topological polar surface area (TPSA) is 133 Å². The van der Waals surface area contributed by atoms with Gasteiger partial charge in [-0.25, -0.2) is 0 Å². The van der Waals surface area contributed by atoms with Gasteiger partial charge >= 0.3 is 24.0 Å². The molecule has 1 unspecified atom stereocenters. The number of aromatic nitrogens is 3. The Labute approximate surface area is 320 Å². The molecule has 4 aliphatic rings. The summed E-state index contributed by atoms with van der Waals surface area (Å²) in [5.74, 6) is -1.15. The number of anilines is 3. The SMILES string of the molecule is O=C(C(=O)N1CCC2(CCN(C(=O)c3ccc(Nc4nc(NC5(c6ccc(Cl)cc6)CC5)nc(OCC(F)(F)F)n4)cc3)C2)C1)N1CCc2ccccc2C1. The number of carbonyl (C=O) groups is 3. The molecule has 2 N–H and O–H groups in total. The monoisotopic (exact) mass is 774 g/mol. The molecule has 1 spiro atoms. The Morgan fingerprint density at radius 2 is 1.42 bits per heavy atom. The molecule has 0 radical (unpaired) electrons. The van der Waals surface area contributed by atoms with Gasteiger partial charge in [0.05, 0.1) is 5.54 Å². The third-order valence-electron chi connectivity index (χ3n) is 10.9. The summed E-state index contributed by atoms with van der Waals surface area (Å²) in [5, 5.41) is 6.81. The minimum Gasteiger partial charge on any atom is -0.454 e. The van der Waals surface area contributed by atoms with Crippen molar-refractivity contribution < 1.29 is 32.3 Å². The predicted molar refractivity (Wildman–Crippen MR) is 197 cm³/mol. The van der Waals surface area contributed by atoms with Crippen molar-refractivity contribution in [2.45, 2.75) is 50.4 Å². The van der Waals surface area contributed by atoms with Crippen LogP contribution in [0.3, 0.4) is 0 Å². The second-order valence-corrected chi connectivity index (χ2v) is 15.2. The normalized spacial score (nSPS) is 20.0. The molecule has 1 saturated carbocycles. The number of rotatable bonds is 8. The molecular weight excluding hydrogens is 737 g/mol. The molecule has 1 aromatic heterocycles. The highest BCUT2D eigenvalue weighted by Gasteiger charge is 2.48. The Balaban J connectivity index is 0.896. The van der Waals surface area contributed by atoms with Crippen molar-refractivity contribution in [3.8, 4) is 6.01 Å². The fourth-order valence-electron chi connectivity index (χ4n) is 7.77. The number of hydrogen-bond donors (Lipinski definition) is 2. The predicted octanol–water partition coefficient (Wildman–Crippen LogP) is 5.96. The lowest BCUT2D eigenvalue weighted by Crippen LogP contribution is -2.47. The van der Waals surface area contributed by atoms with Crippen LogP contribution in [0.25, 0.3) is 0 Å². The number of hydrogen-bond acceptors (Lipinski definition) is 9. The van der Waals surface area contributed by atoms with Crippen LogP contribution in [0.5, 0.6) is 6.01 Å². The van der Waals surface area contributed by atoms with Gasteiger partial charge in [0.15, 0.2) is 6.61 Å². The van der Waals surface area contributed by atoms with Gasteiger partial charge in [-0.1, -0.05) is 48.0 Å². The highest BCUT2D eigenvalue weighted by molar-refractivity contribution is 6.35. The molecule has 2 saturated heterocycles. The van der Waals surface area contributed by atoms with E-state index in [1.807, 2.05) is 30.3 Å². The van der Waals surface area contributed by atoms with Gasteiger partial charge < -0.3 is 30.1 Å². The van der Waals surface area contributed by atoms with Gasteiger partial charge in [0.25, 0.3) is 5.91 Å². The first-order valence-electron chi connectivity index (χ1n) is 18.2. The van der Waals surface area contributed by atoms with Crippen LogP contribution in [-0.4, -0.2) is 92.9 Å². The van der Waals surface area contributed by atoms with E-state index in [0.717, 1.165) is 36.8 Å². The van der Waals surface area contributed by atoms with Crippen LogP contribution >= 0.6 is 11.6 Å². The molecule has 4 aromatic rings. The fraction of sp³-hybridized carbons (Fsp3) is 0.385. The van der Waals surface area contributed by atoms with Crippen molar-refractivity contribution in [1.29, 1.82) is 0 Å². The maximum atomic E-state index is 13.6. The van der Waals surface area contributed by atoms with Gasteiger partial charge in [-0.05, 0) is 85.2 Å². The van der Waals surface area contributed by atoms with Crippen LogP contribution in [0.2, 0.25) is 5.02 Å². The van der Waals surface area contributed by atoms with E-state index in [9.17, 15) is 27.6 Å². The van der Waals surface area contributed by atoms with Gasteiger partial charge in [-0.2, -0.15) is 28.1 Å². The van der Waals surface area contributed by atoms with Crippen LogP contribution in [0.4, 0.5) is 30.8 Å². The zero-order valence-corrected chi connectivity index (χ0v) is 30.5. The number of alkyl halides is 3. The maximum Gasteiger partial charge on any atom is 0.422 e. The summed E-state index contributed by atoms with van der Waals surface area (Å²) < 4.78 is 43.9. The average Bonchev–Trinajstić information content (AvgIpc) is 3.64. The van der Waals surface area contributed by atoms with Crippen molar-refractivity contribution in [1.82, 2.24) is 29.7 Å². The van der Waals surface area contributed by atoms with Crippen molar-refractivity contribution in [2.75, 3.05) is 50.0 Å². The summed E-state index contributed by atoms with van der Waals surface area (Å²) >= 11 is 6.06. The quantitative estimate of drug-likeness (QED) is 0.208. The third-order valence-corrected chi connectivity index (χ3v) is 11.2. The summed E-state index contributed by atoms with van der Waals surface area (Å²) in [6, 6.07) is 21.3. The Kier molecular flexibility index (Phi) is 9.52. The molecule has 3 amide bonds. The van der Waals surface area contributed by atoms with Gasteiger partial charge in [-0.15, -0.1) is 0 Å². The van der Waals surface area contributed by atoms with E-state index >= 15 is 0 Å². The molecule has 1 atom stereocenters. The van der Waals surface area contributed by atoms with Crippen LogP contribution < -0.4 is 15.4 Å². The number of halogens is 4. The lowest BCUT2D eigenvalue weighted by molar-refractivity contribution is -0.154. The molecule has 55 heavy (non-hydrogen) atoms. The number of ether oxygens (including phenoxy) is 1. The lowest BCUT2D eigenvalue weighted by Gasteiger charge is -2.30. The third kappa shape index (κ3) is 8.02. The zero-order valence-electron chi connectivity index (χ0n) is 29.7. The number of benzene rings is 3. The molecule has 8 rings (SSSR count). The van der Waals surface area contributed by atoms with Crippen LogP contribution in [0.15, 0.2) is 72.8 Å². The number of carbonyl (C=O) groups excluding carboxylic acids is 3. The Morgan fingerprint density at radius 3 is 2.13 bits per heavy atom. The van der Waals surface area contributed by atoms with Crippen molar-refractivity contribution in [3.05, 3.63) is 100 Å². The second kappa shape index (κ2) is 14.3. The van der Waals surface area contributed by atoms with Crippen molar-refractivity contribution >= 4 is 46.9 Å².